The van der Waals surface area contributed by atoms with Crippen molar-refractivity contribution in [1.29, 1.82) is 0 Å². The van der Waals surface area contributed by atoms with Gasteiger partial charge in [-0.15, -0.1) is 0 Å². The fraction of sp³-hybridized carbons (Fsp3) is 0.176. The lowest BCUT2D eigenvalue weighted by atomic mass is 10.3. The number of benzene rings is 2. The van der Waals surface area contributed by atoms with Crippen molar-refractivity contribution in [1.82, 2.24) is 4.90 Å². The molecule has 2 amide bonds. The number of para-hydroxylation sites is 1. The number of hydrogen-bond donors (Lipinski definition) is 1. The molecule has 144 valence electrons. The van der Waals surface area contributed by atoms with Crippen molar-refractivity contribution in [2.45, 2.75) is 0 Å². The third-order valence-electron chi connectivity index (χ3n) is 3.37. The van der Waals surface area contributed by atoms with Gasteiger partial charge in [0.1, 0.15) is 0 Å². The number of anilines is 1. The van der Waals surface area contributed by atoms with E-state index in [2.05, 4.69) is 10.1 Å². The molecule has 0 radical (unpaired) electrons. The number of likely N-dealkylation sites (N-methyl/N-ethyl adjacent to an activating group) is 1. The van der Waals surface area contributed by atoms with E-state index in [4.69, 9.17) is 11.6 Å². The second kappa shape index (κ2) is 8.72. The first-order chi connectivity index (χ1) is 12.7. The van der Waals surface area contributed by atoms with E-state index in [1.54, 1.807) is 24.3 Å². The number of nitrogens with zero attached hydrogens (tertiary/aromatic N) is 1. The summed E-state index contributed by atoms with van der Waals surface area (Å²) in [5, 5.41) is 2.77. The Kier molecular flexibility index (Phi) is 6.62. The topological polar surface area (TPSA) is 58.6 Å². The minimum atomic E-state index is -1.76. The van der Waals surface area contributed by atoms with Gasteiger partial charge in [0, 0.05) is 13.1 Å². The smallest absolute Gasteiger partial charge is 0.260 e. The summed E-state index contributed by atoms with van der Waals surface area (Å²) in [5.41, 5.74) is 0.334. The fourth-order valence-electron chi connectivity index (χ4n) is 1.98. The summed E-state index contributed by atoms with van der Waals surface area (Å²) in [6.07, 6.45) is 0. The molecule has 1 N–H and O–H groups in total. The fourth-order valence-corrected chi connectivity index (χ4v) is 2.16. The van der Waals surface area contributed by atoms with Gasteiger partial charge in [0.15, 0.2) is 24.0 Å². The van der Waals surface area contributed by atoms with E-state index in [1.807, 2.05) is 0 Å². The first kappa shape index (κ1) is 20.5. The normalized spacial score (nSPS) is 10.4. The Hall–Kier alpha value is -2.81. The highest BCUT2D eigenvalue weighted by Crippen LogP contribution is 2.26. The quantitative estimate of drug-likeness (QED) is 0.593. The molecule has 10 heteroatoms. The molecule has 2 aromatic carbocycles. The molecule has 0 spiro atoms. The van der Waals surface area contributed by atoms with E-state index in [0.29, 0.717) is 10.7 Å². The van der Waals surface area contributed by atoms with Crippen LogP contribution in [0.5, 0.6) is 5.75 Å². The van der Waals surface area contributed by atoms with E-state index < -0.39 is 54.0 Å². The van der Waals surface area contributed by atoms with Gasteiger partial charge in [0.2, 0.25) is 17.5 Å². The molecule has 0 unspecified atom stereocenters. The maximum atomic E-state index is 13.5. The second-order valence-electron chi connectivity index (χ2n) is 5.36. The van der Waals surface area contributed by atoms with Crippen LogP contribution in [0.15, 0.2) is 30.3 Å². The minimum Gasteiger partial charge on any atom is -0.477 e. The molecule has 0 aliphatic heterocycles. The van der Waals surface area contributed by atoms with Crippen LogP contribution in [0, 0.1) is 23.3 Å². The van der Waals surface area contributed by atoms with Crippen LogP contribution in [0.1, 0.15) is 0 Å². The molecule has 5 nitrogen and oxygen atoms in total. The first-order valence-electron chi connectivity index (χ1n) is 7.44. The van der Waals surface area contributed by atoms with Gasteiger partial charge in [-0.2, -0.15) is 8.78 Å². The molecule has 0 saturated heterocycles. The Balaban J connectivity index is 1.95. The molecule has 2 rings (SSSR count). The maximum Gasteiger partial charge on any atom is 0.260 e. The number of carbonyl (C=O) groups excluding carboxylic acids is 2. The van der Waals surface area contributed by atoms with Gasteiger partial charge in [-0.25, -0.2) is 8.78 Å². The lowest BCUT2D eigenvalue weighted by Gasteiger charge is -2.17. The molecule has 0 bridgehead atoms. The first-order valence-corrected chi connectivity index (χ1v) is 7.82. The van der Waals surface area contributed by atoms with Gasteiger partial charge in [-0.1, -0.05) is 23.7 Å². The lowest BCUT2D eigenvalue weighted by molar-refractivity contribution is -0.135. The van der Waals surface area contributed by atoms with E-state index in [1.165, 1.54) is 7.05 Å². The molecule has 27 heavy (non-hydrogen) atoms. The van der Waals surface area contributed by atoms with Crippen molar-refractivity contribution in [3.8, 4) is 5.75 Å². The summed E-state index contributed by atoms with van der Waals surface area (Å²) < 4.78 is 57.7. The largest absolute Gasteiger partial charge is 0.477 e. The van der Waals surface area contributed by atoms with Crippen molar-refractivity contribution in [2.24, 2.45) is 0 Å². The average Bonchev–Trinajstić information content (AvgIpc) is 2.61. The van der Waals surface area contributed by atoms with Crippen LogP contribution in [0.4, 0.5) is 23.2 Å². The number of rotatable bonds is 6. The van der Waals surface area contributed by atoms with E-state index in [-0.39, 0.29) is 6.07 Å². The second-order valence-corrected chi connectivity index (χ2v) is 5.77. The summed E-state index contributed by atoms with van der Waals surface area (Å²) in [5.74, 6) is -9.65. The SMILES string of the molecule is CN(CC(=O)Nc1ccccc1Cl)C(=O)COc1c(F)c(F)cc(F)c1F. The molecular weight excluding hydrogens is 392 g/mol. The van der Waals surface area contributed by atoms with Gasteiger partial charge in [0.25, 0.3) is 5.91 Å². The van der Waals surface area contributed by atoms with Crippen LogP contribution >= 0.6 is 11.6 Å². The van der Waals surface area contributed by atoms with E-state index in [0.717, 1.165) is 4.90 Å². The molecular formula is C17H13ClF4N2O3. The monoisotopic (exact) mass is 404 g/mol. The minimum absolute atomic E-state index is 0.0184. The summed E-state index contributed by atoms with van der Waals surface area (Å²) in [6.45, 7) is -1.36. The third-order valence-corrected chi connectivity index (χ3v) is 3.70. The van der Waals surface area contributed by atoms with Crippen LogP contribution < -0.4 is 10.1 Å². The highest BCUT2D eigenvalue weighted by atomic mass is 35.5. The van der Waals surface area contributed by atoms with Crippen molar-refractivity contribution >= 4 is 29.1 Å². The van der Waals surface area contributed by atoms with Crippen molar-refractivity contribution < 1.29 is 31.9 Å². The number of nitrogens with one attached hydrogen (secondary N) is 1. The predicted octanol–water partition coefficient (Wildman–Crippen LogP) is 3.37. The zero-order valence-electron chi connectivity index (χ0n) is 13.9. The molecule has 0 saturated carbocycles. The number of halogens is 5. The van der Waals surface area contributed by atoms with Crippen molar-refractivity contribution in [3.05, 3.63) is 58.6 Å². The van der Waals surface area contributed by atoms with Crippen LogP contribution in [0.25, 0.3) is 0 Å². The molecule has 2 aromatic rings. The molecule has 0 aliphatic carbocycles. The van der Waals surface area contributed by atoms with Crippen molar-refractivity contribution in [2.75, 3.05) is 25.5 Å². The van der Waals surface area contributed by atoms with Gasteiger partial charge >= 0.3 is 0 Å². The predicted molar refractivity (Wildman–Crippen MR) is 89.5 cm³/mol. The Morgan fingerprint density at radius 2 is 1.70 bits per heavy atom. The summed E-state index contributed by atoms with van der Waals surface area (Å²) in [7, 11) is 1.23. The number of carbonyl (C=O) groups is 2. The van der Waals surface area contributed by atoms with E-state index in [9.17, 15) is 27.2 Å². The maximum absolute atomic E-state index is 13.5. The third kappa shape index (κ3) is 5.10. The Morgan fingerprint density at radius 3 is 2.30 bits per heavy atom. The van der Waals surface area contributed by atoms with Gasteiger partial charge in [-0.3, -0.25) is 9.59 Å². The van der Waals surface area contributed by atoms with Crippen molar-refractivity contribution in [3.63, 3.8) is 0 Å². The summed E-state index contributed by atoms with van der Waals surface area (Å²) in [4.78, 5) is 24.8. The molecule has 0 atom stereocenters. The van der Waals surface area contributed by atoms with Crippen LogP contribution in [0.3, 0.4) is 0 Å². The molecule has 0 fully saturated rings. The van der Waals surface area contributed by atoms with Gasteiger partial charge < -0.3 is 15.0 Å². The zero-order valence-corrected chi connectivity index (χ0v) is 14.6. The highest BCUT2D eigenvalue weighted by molar-refractivity contribution is 6.33. The highest BCUT2D eigenvalue weighted by Gasteiger charge is 2.22. The number of amides is 2. The number of ether oxygens (including phenoxy) is 1. The molecule has 0 aromatic heterocycles. The van der Waals surface area contributed by atoms with Crippen LogP contribution in [0.2, 0.25) is 5.02 Å². The van der Waals surface area contributed by atoms with Crippen LogP contribution in [-0.4, -0.2) is 36.9 Å². The molecule has 0 aliphatic rings. The number of hydrogen-bond acceptors (Lipinski definition) is 3. The Labute approximate surface area is 156 Å². The summed E-state index contributed by atoms with van der Waals surface area (Å²) >= 11 is 5.89. The van der Waals surface area contributed by atoms with E-state index >= 15 is 0 Å². The van der Waals surface area contributed by atoms with Gasteiger partial charge in [0.05, 0.1) is 17.3 Å². The Morgan fingerprint density at radius 1 is 1.11 bits per heavy atom. The average molecular weight is 405 g/mol. The van der Waals surface area contributed by atoms with Gasteiger partial charge in [-0.05, 0) is 12.1 Å². The standard InChI is InChI=1S/C17H13ClF4N2O3/c1-24(7-13(25)23-12-5-3-2-4-9(12)18)14(26)8-27-17-15(21)10(19)6-11(20)16(17)22/h2-6H,7-8H2,1H3,(H,23,25). The lowest BCUT2D eigenvalue weighted by Crippen LogP contribution is -2.37. The summed E-state index contributed by atoms with van der Waals surface area (Å²) in [6, 6.07) is 6.44. The van der Waals surface area contributed by atoms with Crippen LogP contribution in [-0.2, 0) is 9.59 Å². The Bertz CT molecular complexity index is 853. The zero-order chi connectivity index (χ0) is 20.1. The molecule has 0 heterocycles.